The average Bonchev–Trinajstić information content (AvgIpc) is 3.17. The zero-order valence-corrected chi connectivity index (χ0v) is 14.8. The monoisotopic (exact) mass is 331 g/mol. The average molecular weight is 331 g/mol. The first-order valence-electron chi connectivity index (χ1n) is 8.37. The number of rotatable bonds is 6. The van der Waals surface area contributed by atoms with Crippen LogP contribution in [-0.4, -0.2) is 42.6 Å². The summed E-state index contributed by atoms with van der Waals surface area (Å²) in [5, 5.41) is 4.20. The SMILES string of the molecule is CN(C)CCCNC(=O)c1c(-n2cccc2)sc2c1CCCC2. The minimum atomic E-state index is 0.0897. The van der Waals surface area contributed by atoms with Crippen molar-refractivity contribution in [1.82, 2.24) is 14.8 Å². The molecule has 124 valence electrons. The van der Waals surface area contributed by atoms with Gasteiger partial charge in [-0.2, -0.15) is 0 Å². The van der Waals surface area contributed by atoms with Gasteiger partial charge in [-0.1, -0.05) is 0 Å². The number of nitrogens with zero attached hydrogens (tertiary/aromatic N) is 2. The van der Waals surface area contributed by atoms with Crippen molar-refractivity contribution in [1.29, 1.82) is 0 Å². The van der Waals surface area contributed by atoms with Gasteiger partial charge in [-0.05, 0) is 70.4 Å². The third-order valence-electron chi connectivity index (χ3n) is 4.29. The first-order valence-corrected chi connectivity index (χ1v) is 9.19. The maximum Gasteiger partial charge on any atom is 0.254 e. The number of fused-ring (bicyclic) bond motifs is 1. The highest BCUT2D eigenvalue weighted by molar-refractivity contribution is 7.15. The lowest BCUT2D eigenvalue weighted by Gasteiger charge is -2.14. The fraction of sp³-hybridized carbons (Fsp3) is 0.500. The van der Waals surface area contributed by atoms with E-state index < -0.39 is 0 Å². The third-order valence-corrected chi connectivity index (χ3v) is 5.59. The number of carbonyl (C=O) groups is 1. The molecule has 0 fully saturated rings. The summed E-state index contributed by atoms with van der Waals surface area (Å²) >= 11 is 1.79. The minimum absolute atomic E-state index is 0.0897. The molecule has 23 heavy (non-hydrogen) atoms. The summed E-state index contributed by atoms with van der Waals surface area (Å²) in [4.78, 5) is 16.4. The number of thiophene rings is 1. The number of hydrogen-bond donors (Lipinski definition) is 1. The first-order chi connectivity index (χ1) is 11.2. The van der Waals surface area contributed by atoms with Crippen molar-refractivity contribution >= 4 is 17.2 Å². The molecule has 0 saturated heterocycles. The lowest BCUT2D eigenvalue weighted by Crippen LogP contribution is -2.28. The van der Waals surface area contributed by atoms with Crippen molar-refractivity contribution in [3.8, 4) is 5.00 Å². The highest BCUT2D eigenvalue weighted by atomic mass is 32.1. The van der Waals surface area contributed by atoms with E-state index in [0.29, 0.717) is 0 Å². The van der Waals surface area contributed by atoms with Crippen LogP contribution in [0.1, 0.15) is 40.1 Å². The largest absolute Gasteiger partial charge is 0.352 e. The Morgan fingerprint density at radius 1 is 1.26 bits per heavy atom. The lowest BCUT2D eigenvalue weighted by molar-refractivity contribution is 0.0951. The smallest absolute Gasteiger partial charge is 0.254 e. The van der Waals surface area contributed by atoms with Gasteiger partial charge in [-0.15, -0.1) is 11.3 Å². The number of hydrogen-bond acceptors (Lipinski definition) is 3. The Labute approximate surface area is 142 Å². The standard InChI is InChI=1S/C18H25N3OS/c1-20(2)11-7-10-19-17(22)16-14-8-3-4-9-15(14)23-18(16)21-12-5-6-13-21/h5-6,12-13H,3-4,7-11H2,1-2H3,(H,19,22). The van der Waals surface area contributed by atoms with Gasteiger partial charge in [-0.25, -0.2) is 0 Å². The molecule has 1 aliphatic rings. The van der Waals surface area contributed by atoms with Gasteiger partial charge >= 0.3 is 0 Å². The predicted octanol–water partition coefficient (Wildman–Crippen LogP) is 3.10. The fourth-order valence-corrected chi connectivity index (χ4v) is 4.48. The molecule has 3 rings (SSSR count). The van der Waals surface area contributed by atoms with E-state index >= 15 is 0 Å². The minimum Gasteiger partial charge on any atom is -0.352 e. The molecule has 0 aromatic carbocycles. The number of aromatic nitrogens is 1. The van der Waals surface area contributed by atoms with Crippen molar-refractivity contribution in [2.24, 2.45) is 0 Å². The van der Waals surface area contributed by atoms with Gasteiger partial charge in [0.1, 0.15) is 5.00 Å². The molecular formula is C18H25N3OS. The van der Waals surface area contributed by atoms with Gasteiger partial charge < -0.3 is 14.8 Å². The van der Waals surface area contributed by atoms with Crippen molar-refractivity contribution < 1.29 is 4.79 Å². The van der Waals surface area contributed by atoms with E-state index in [-0.39, 0.29) is 5.91 Å². The van der Waals surface area contributed by atoms with Crippen LogP contribution in [0.2, 0.25) is 0 Å². The number of amides is 1. The lowest BCUT2D eigenvalue weighted by atomic mass is 9.95. The molecule has 1 N–H and O–H groups in total. The summed E-state index contributed by atoms with van der Waals surface area (Å²) in [5.74, 6) is 0.0897. The highest BCUT2D eigenvalue weighted by Gasteiger charge is 2.25. The molecule has 5 heteroatoms. The highest BCUT2D eigenvalue weighted by Crippen LogP contribution is 2.36. The number of carbonyl (C=O) groups excluding carboxylic acids is 1. The van der Waals surface area contributed by atoms with Crippen LogP contribution in [0.15, 0.2) is 24.5 Å². The van der Waals surface area contributed by atoms with E-state index in [1.54, 1.807) is 11.3 Å². The van der Waals surface area contributed by atoms with Crippen LogP contribution in [-0.2, 0) is 12.8 Å². The Morgan fingerprint density at radius 2 is 2.00 bits per heavy atom. The van der Waals surface area contributed by atoms with Gasteiger partial charge in [0.2, 0.25) is 0 Å². The molecule has 1 aliphatic carbocycles. The second-order valence-corrected chi connectivity index (χ2v) is 7.48. The van der Waals surface area contributed by atoms with Gasteiger partial charge in [0.15, 0.2) is 0 Å². The maximum absolute atomic E-state index is 12.8. The molecule has 0 radical (unpaired) electrons. The van der Waals surface area contributed by atoms with Crippen LogP contribution in [0, 0.1) is 0 Å². The quantitative estimate of drug-likeness (QED) is 0.826. The molecule has 0 aliphatic heterocycles. The molecule has 0 atom stereocenters. The van der Waals surface area contributed by atoms with Crippen LogP contribution in [0.5, 0.6) is 0 Å². The van der Waals surface area contributed by atoms with Crippen LogP contribution in [0.3, 0.4) is 0 Å². The van der Waals surface area contributed by atoms with Gasteiger partial charge in [0.05, 0.1) is 5.56 Å². The van der Waals surface area contributed by atoms with E-state index in [9.17, 15) is 4.79 Å². The zero-order chi connectivity index (χ0) is 16.2. The second-order valence-electron chi connectivity index (χ2n) is 6.39. The summed E-state index contributed by atoms with van der Waals surface area (Å²) in [5.41, 5.74) is 2.20. The Morgan fingerprint density at radius 3 is 2.74 bits per heavy atom. The molecule has 4 nitrogen and oxygen atoms in total. The van der Waals surface area contributed by atoms with Crippen LogP contribution < -0.4 is 5.32 Å². The fourth-order valence-electron chi connectivity index (χ4n) is 3.12. The summed E-state index contributed by atoms with van der Waals surface area (Å²) in [6.45, 7) is 1.72. The Bertz CT molecular complexity index is 658. The molecule has 2 aromatic rings. The van der Waals surface area contributed by atoms with Crippen LogP contribution >= 0.6 is 11.3 Å². The third kappa shape index (κ3) is 3.67. The molecule has 0 saturated carbocycles. The van der Waals surface area contributed by atoms with Crippen LogP contribution in [0.25, 0.3) is 5.00 Å². The molecule has 0 bridgehead atoms. The van der Waals surface area contributed by atoms with Crippen molar-refractivity contribution in [2.75, 3.05) is 27.2 Å². The topological polar surface area (TPSA) is 37.3 Å². The van der Waals surface area contributed by atoms with Gasteiger partial charge in [0.25, 0.3) is 5.91 Å². The van der Waals surface area contributed by atoms with Gasteiger partial charge in [-0.3, -0.25) is 4.79 Å². The predicted molar refractivity (Wildman–Crippen MR) is 95.8 cm³/mol. The Balaban J connectivity index is 1.82. The molecule has 0 spiro atoms. The van der Waals surface area contributed by atoms with Crippen molar-refractivity contribution in [3.05, 3.63) is 40.5 Å². The first kappa shape index (κ1) is 16.3. The molecule has 0 unspecified atom stereocenters. The molecular weight excluding hydrogens is 306 g/mol. The summed E-state index contributed by atoms with van der Waals surface area (Å²) in [6.07, 6.45) is 9.61. The Kier molecular flexibility index (Phi) is 5.18. The van der Waals surface area contributed by atoms with E-state index in [1.807, 2.05) is 24.5 Å². The molecule has 1 amide bonds. The number of aryl methyl sites for hydroxylation is 1. The van der Waals surface area contributed by atoms with Crippen LogP contribution in [0.4, 0.5) is 0 Å². The molecule has 2 heterocycles. The number of nitrogens with one attached hydrogen (secondary N) is 1. The zero-order valence-electron chi connectivity index (χ0n) is 14.0. The maximum atomic E-state index is 12.8. The van der Waals surface area contributed by atoms with Gasteiger partial charge in [0, 0.05) is 23.8 Å². The van der Waals surface area contributed by atoms with E-state index in [1.165, 1.54) is 23.3 Å². The van der Waals surface area contributed by atoms with E-state index in [2.05, 4.69) is 28.9 Å². The van der Waals surface area contributed by atoms with E-state index in [4.69, 9.17) is 0 Å². The van der Waals surface area contributed by atoms with E-state index in [0.717, 1.165) is 42.9 Å². The molecule has 2 aromatic heterocycles. The normalized spacial score (nSPS) is 14.0. The summed E-state index contributed by atoms with van der Waals surface area (Å²) < 4.78 is 2.08. The summed E-state index contributed by atoms with van der Waals surface area (Å²) in [6, 6.07) is 4.02. The Hall–Kier alpha value is -1.59. The van der Waals surface area contributed by atoms with Crippen molar-refractivity contribution in [3.63, 3.8) is 0 Å². The second kappa shape index (κ2) is 7.32. The summed E-state index contributed by atoms with van der Waals surface area (Å²) in [7, 11) is 4.11. The van der Waals surface area contributed by atoms with Crippen molar-refractivity contribution in [2.45, 2.75) is 32.1 Å².